The van der Waals surface area contributed by atoms with Gasteiger partial charge in [-0.1, -0.05) is 24.3 Å². The van der Waals surface area contributed by atoms with Crippen molar-refractivity contribution in [2.45, 2.75) is 68.9 Å². The zero-order valence-corrected chi connectivity index (χ0v) is 24.2. The van der Waals surface area contributed by atoms with E-state index in [1.54, 1.807) is 52.0 Å². The van der Waals surface area contributed by atoms with Crippen LogP contribution in [0.3, 0.4) is 0 Å². The maximum absolute atomic E-state index is 13.1. The van der Waals surface area contributed by atoms with E-state index in [9.17, 15) is 28.1 Å². The molecule has 1 aliphatic carbocycles. The van der Waals surface area contributed by atoms with Crippen molar-refractivity contribution in [3.63, 3.8) is 0 Å². The van der Waals surface area contributed by atoms with E-state index < -0.39 is 46.1 Å². The van der Waals surface area contributed by atoms with Gasteiger partial charge in [-0.25, -0.2) is 18.0 Å². The third-order valence-corrected chi connectivity index (χ3v) is 8.39. The average Bonchev–Trinajstić information content (AvgIpc) is 3.72. The summed E-state index contributed by atoms with van der Waals surface area (Å²) < 4.78 is 42.6. The van der Waals surface area contributed by atoms with Gasteiger partial charge in [0.1, 0.15) is 18.3 Å². The third-order valence-electron chi connectivity index (χ3n) is 6.03. The summed E-state index contributed by atoms with van der Waals surface area (Å²) in [7, 11) is -3.67. The van der Waals surface area contributed by atoms with Gasteiger partial charge < -0.3 is 29.2 Å². The molecule has 0 aromatic heterocycles. The maximum atomic E-state index is 13.1. The number of benzene rings is 2. The smallest absolute Gasteiger partial charge is 0.446 e. The Morgan fingerprint density at radius 3 is 2.33 bits per heavy atom. The topological polar surface area (TPSA) is 152 Å². The lowest BCUT2D eigenvalue weighted by Crippen LogP contribution is -2.34. The van der Waals surface area contributed by atoms with Crippen LogP contribution in [0, 0.1) is 0 Å². The van der Waals surface area contributed by atoms with E-state index in [0.717, 1.165) is 0 Å². The van der Waals surface area contributed by atoms with Gasteiger partial charge in [-0.15, -0.1) is 0 Å². The number of ether oxygens (including phenoxy) is 3. The Labute approximate surface area is 235 Å². The molecule has 2 aromatic carbocycles. The fourth-order valence-electron chi connectivity index (χ4n) is 3.91. The highest BCUT2D eigenvalue weighted by atomic mass is 32.2. The number of carbonyl (C=O) groups excluding carboxylic acids is 2. The molecule has 0 radical (unpaired) electrons. The highest BCUT2D eigenvalue weighted by Crippen LogP contribution is 2.36. The van der Waals surface area contributed by atoms with Crippen LogP contribution in [0.2, 0.25) is 0 Å². The molecule has 11 nitrogen and oxygen atoms in total. The lowest BCUT2D eigenvalue weighted by molar-refractivity contribution is 0.0130. The molecule has 2 amide bonds. The zero-order valence-electron chi connectivity index (χ0n) is 23.4. The molecule has 3 N–H and O–H groups in total. The molecule has 218 valence electrons. The summed E-state index contributed by atoms with van der Waals surface area (Å²) in [5, 5.41) is 20.7. The van der Waals surface area contributed by atoms with Crippen LogP contribution >= 0.6 is 0 Å². The number of amides is 2. The Morgan fingerprint density at radius 2 is 1.77 bits per heavy atom. The number of nitrogens with one attached hydrogen (secondary N) is 1. The molecule has 0 spiro atoms. The van der Waals surface area contributed by atoms with Crippen molar-refractivity contribution in [3.05, 3.63) is 53.6 Å². The van der Waals surface area contributed by atoms with Gasteiger partial charge in [0.05, 0.1) is 16.7 Å². The first kappa shape index (κ1) is 31.4. The highest BCUT2D eigenvalue weighted by Gasteiger charge is 2.38. The minimum absolute atomic E-state index is 0.0499. The van der Waals surface area contributed by atoms with Crippen molar-refractivity contribution < 1.29 is 42.3 Å². The summed E-state index contributed by atoms with van der Waals surface area (Å²) in [5.74, 6) is 0. The van der Waals surface area contributed by atoms with Crippen LogP contribution in [0.15, 0.2) is 47.4 Å². The van der Waals surface area contributed by atoms with Crippen LogP contribution < -0.4 is 10.8 Å². The largest absolute Gasteiger partial charge is 0.488 e. The minimum atomic E-state index is -3.59. The van der Waals surface area contributed by atoms with Gasteiger partial charge in [0.25, 0.3) is 0 Å². The van der Waals surface area contributed by atoms with E-state index in [-0.39, 0.29) is 18.0 Å². The van der Waals surface area contributed by atoms with E-state index in [1.165, 1.54) is 30.1 Å². The lowest BCUT2D eigenvalue weighted by atomic mass is 9.80. The Bertz CT molecular complexity index is 1290. The standard InChI is InChI=1S/C27H37BN2O9S/c1-6-37-23(18-7-9-20(10-8-18)28(33)34)17-38-25(31)29-21-11-14-24(40(35,36)22-12-13-22)19(15-21)16-30(5)26(32)39-27(2,3)4/h7-11,14-15,22-23,33-34H,6,12-13,16-17H2,1-5H3,(H,29,31)/t23-/m0/s1. The Hall–Kier alpha value is -3.13. The number of carbonyl (C=O) groups is 2. The molecule has 0 unspecified atom stereocenters. The van der Waals surface area contributed by atoms with Crippen molar-refractivity contribution in [2.75, 3.05) is 25.6 Å². The Morgan fingerprint density at radius 1 is 1.12 bits per heavy atom. The van der Waals surface area contributed by atoms with Crippen LogP contribution in [-0.2, 0) is 30.6 Å². The molecule has 1 aliphatic rings. The monoisotopic (exact) mass is 576 g/mol. The van der Waals surface area contributed by atoms with Crippen molar-refractivity contribution in [3.8, 4) is 0 Å². The van der Waals surface area contributed by atoms with Crippen molar-refractivity contribution in [1.29, 1.82) is 0 Å². The molecule has 1 atom stereocenters. The van der Waals surface area contributed by atoms with Gasteiger partial charge >= 0.3 is 19.3 Å². The summed E-state index contributed by atoms with van der Waals surface area (Å²) in [6, 6.07) is 10.8. The lowest BCUT2D eigenvalue weighted by Gasteiger charge is -2.25. The van der Waals surface area contributed by atoms with E-state index in [1.807, 2.05) is 0 Å². The predicted molar refractivity (Wildman–Crippen MR) is 150 cm³/mol. The molecule has 3 rings (SSSR count). The van der Waals surface area contributed by atoms with Crippen LogP contribution in [0.1, 0.15) is 57.8 Å². The fraction of sp³-hybridized carbons (Fsp3) is 0.481. The van der Waals surface area contributed by atoms with E-state index >= 15 is 0 Å². The number of sulfone groups is 1. The van der Waals surface area contributed by atoms with Crippen molar-refractivity contribution in [2.24, 2.45) is 0 Å². The Kier molecular flexibility index (Phi) is 10.2. The second kappa shape index (κ2) is 13.0. The average molecular weight is 576 g/mol. The maximum Gasteiger partial charge on any atom is 0.488 e. The Balaban J connectivity index is 1.74. The van der Waals surface area contributed by atoms with Crippen molar-refractivity contribution >= 4 is 40.3 Å². The molecule has 0 bridgehead atoms. The summed E-state index contributed by atoms with van der Waals surface area (Å²) in [6.07, 6.45) is -0.815. The van der Waals surface area contributed by atoms with E-state index in [4.69, 9.17) is 14.2 Å². The molecule has 40 heavy (non-hydrogen) atoms. The third kappa shape index (κ3) is 8.69. The molecule has 0 saturated heterocycles. The summed E-state index contributed by atoms with van der Waals surface area (Å²) >= 11 is 0. The molecule has 2 aromatic rings. The number of anilines is 1. The normalized spacial score (nSPS) is 14.3. The van der Waals surface area contributed by atoms with Gasteiger partial charge in [0.2, 0.25) is 0 Å². The SMILES string of the molecule is CCO[C@@H](COC(=O)Nc1ccc(S(=O)(=O)C2CC2)c(CN(C)C(=O)OC(C)(C)C)c1)c1ccc(B(O)O)cc1. The number of rotatable bonds is 11. The van der Waals surface area contributed by atoms with Crippen LogP contribution in [0.5, 0.6) is 0 Å². The van der Waals surface area contributed by atoms with Crippen molar-refractivity contribution in [1.82, 2.24) is 4.90 Å². The van der Waals surface area contributed by atoms with E-state index in [0.29, 0.717) is 41.7 Å². The molecule has 0 heterocycles. The fourth-order valence-corrected chi connectivity index (χ4v) is 5.77. The van der Waals surface area contributed by atoms with Gasteiger partial charge in [-0.2, -0.15) is 0 Å². The number of hydrogen-bond acceptors (Lipinski definition) is 9. The summed E-state index contributed by atoms with van der Waals surface area (Å²) in [4.78, 5) is 26.6. The second-order valence-electron chi connectivity index (χ2n) is 10.6. The second-order valence-corrected chi connectivity index (χ2v) is 12.8. The molecular weight excluding hydrogens is 539 g/mol. The molecular formula is C27H37BN2O9S. The quantitative estimate of drug-likeness (QED) is 0.343. The minimum Gasteiger partial charge on any atom is -0.446 e. The summed E-state index contributed by atoms with van der Waals surface area (Å²) in [6.45, 7) is 7.19. The molecule has 1 fully saturated rings. The zero-order chi connectivity index (χ0) is 29.7. The predicted octanol–water partition coefficient (Wildman–Crippen LogP) is 3.00. The first-order chi connectivity index (χ1) is 18.7. The van der Waals surface area contributed by atoms with E-state index in [2.05, 4.69) is 5.32 Å². The number of hydrogen-bond donors (Lipinski definition) is 3. The van der Waals surface area contributed by atoms with Gasteiger partial charge in [-0.05, 0) is 75.3 Å². The first-order valence-corrected chi connectivity index (χ1v) is 14.6. The summed E-state index contributed by atoms with van der Waals surface area (Å²) in [5.41, 5.74) is 0.917. The molecule has 13 heteroatoms. The number of nitrogens with zero attached hydrogens (tertiary/aromatic N) is 1. The van der Waals surface area contributed by atoms with Gasteiger partial charge in [0, 0.05) is 19.3 Å². The van der Waals surface area contributed by atoms with Gasteiger partial charge in [0.15, 0.2) is 9.84 Å². The van der Waals surface area contributed by atoms with Crippen LogP contribution in [0.25, 0.3) is 0 Å². The molecule has 0 aliphatic heterocycles. The van der Waals surface area contributed by atoms with Crippen LogP contribution in [-0.4, -0.2) is 73.8 Å². The molecule has 1 saturated carbocycles. The van der Waals surface area contributed by atoms with Crippen LogP contribution in [0.4, 0.5) is 15.3 Å². The highest BCUT2D eigenvalue weighted by molar-refractivity contribution is 7.92. The van der Waals surface area contributed by atoms with Gasteiger partial charge in [-0.3, -0.25) is 5.32 Å². The first-order valence-electron chi connectivity index (χ1n) is 13.0.